The van der Waals surface area contributed by atoms with Crippen LogP contribution >= 0.6 is 0 Å². The van der Waals surface area contributed by atoms with Crippen LogP contribution in [0, 0.1) is 11.3 Å². The molecule has 1 aliphatic rings. The molecule has 2 heterocycles. The molecule has 3 N–H and O–H groups in total. The monoisotopic (exact) mass is 345 g/mol. The molecule has 3 aromatic rings. The summed E-state index contributed by atoms with van der Waals surface area (Å²) in [5.74, 6) is 0.385. The zero-order valence-corrected chi connectivity index (χ0v) is 14.0. The van der Waals surface area contributed by atoms with Crippen LogP contribution in [0.3, 0.4) is 0 Å². The van der Waals surface area contributed by atoms with Gasteiger partial charge in [0, 0.05) is 29.1 Å². The Balaban J connectivity index is 2.00. The molecule has 0 saturated heterocycles. The Morgan fingerprint density at radius 3 is 2.69 bits per heavy atom. The summed E-state index contributed by atoms with van der Waals surface area (Å²) < 4.78 is 5.01. The molecule has 0 aliphatic heterocycles. The molecule has 7 nitrogen and oxygen atoms in total. The van der Waals surface area contributed by atoms with E-state index in [0.717, 1.165) is 28.8 Å². The topological polar surface area (TPSA) is 118 Å². The fourth-order valence-electron chi connectivity index (χ4n) is 3.37. The molecular weight excluding hydrogens is 330 g/mol. The Bertz CT molecular complexity index is 1060. The highest BCUT2D eigenvalue weighted by molar-refractivity contribution is 5.86. The van der Waals surface area contributed by atoms with E-state index in [4.69, 9.17) is 10.5 Å². The van der Waals surface area contributed by atoms with Crippen molar-refractivity contribution in [1.82, 2.24) is 15.0 Å². The number of nitrogens with two attached hydrogens (primary N) is 1. The minimum absolute atomic E-state index is 0.165. The lowest BCUT2D eigenvalue weighted by molar-refractivity contribution is 0.380. The van der Waals surface area contributed by atoms with Crippen LogP contribution in [-0.4, -0.2) is 27.2 Å². The molecule has 0 unspecified atom stereocenters. The number of aryl methyl sites for hydroxylation is 1. The molecule has 1 aliphatic carbocycles. The predicted molar refractivity (Wildman–Crippen MR) is 95.5 cm³/mol. The fraction of sp³-hybridized carbons (Fsp3) is 0.158. The van der Waals surface area contributed by atoms with Crippen LogP contribution < -0.4 is 10.5 Å². The average Bonchev–Trinajstić information content (AvgIpc) is 2.66. The van der Waals surface area contributed by atoms with E-state index in [1.165, 1.54) is 7.11 Å². The molecule has 0 radical (unpaired) electrons. The molecule has 0 spiro atoms. The normalized spacial score (nSPS) is 12.0. The number of phenolic OH excluding ortho intramolecular Hbond substituents is 1. The molecule has 0 bridgehead atoms. The Labute approximate surface area is 149 Å². The number of nitrogen functional groups attached to an aromatic ring is 1. The van der Waals surface area contributed by atoms with Gasteiger partial charge in [-0.3, -0.25) is 0 Å². The van der Waals surface area contributed by atoms with Crippen LogP contribution in [0.4, 0.5) is 5.82 Å². The first-order chi connectivity index (χ1) is 12.6. The van der Waals surface area contributed by atoms with Gasteiger partial charge < -0.3 is 15.6 Å². The smallest absolute Gasteiger partial charge is 0.316 e. The van der Waals surface area contributed by atoms with Crippen molar-refractivity contribution in [3.8, 4) is 40.2 Å². The zero-order valence-electron chi connectivity index (χ0n) is 14.0. The lowest BCUT2D eigenvalue weighted by atomic mass is 9.83. The third-order valence-electron chi connectivity index (χ3n) is 4.53. The summed E-state index contributed by atoms with van der Waals surface area (Å²) in [5.41, 5.74) is 11.4. The molecule has 7 heteroatoms. The predicted octanol–water partition coefficient (Wildman–Crippen LogP) is 2.47. The van der Waals surface area contributed by atoms with Crippen molar-refractivity contribution in [2.75, 3.05) is 12.8 Å². The van der Waals surface area contributed by atoms with E-state index in [1.54, 1.807) is 24.5 Å². The molecule has 2 aromatic heterocycles. The Morgan fingerprint density at radius 2 is 2.00 bits per heavy atom. The van der Waals surface area contributed by atoms with E-state index in [-0.39, 0.29) is 17.6 Å². The van der Waals surface area contributed by atoms with Gasteiger partial charge in [0.25, 0.3) is 0 Å². The van der Waals surface area contributed by atoms with Crippen molar-refractivity contribution in [1.29, 1.82) is 5.26 Å². The number of nitrogens with zero attached hydrogens (tertiary/aromatic N) is 4. The van der Waals surface area contributed by atoms with Gasteiger partial charge in [0.2, 0.25) is 0 Å². The standard InChI is InChI=1S/C19H15N5O2/c1-26-19-22-8-11(9-23-19)16-14-4-2-10-6-12(25)3-5-13(10)17(14)24-18(21)15(16)7-20/h3,5-6,8-9,25H,2,4H2,1H3,(H2,21,24). The summed E-state index contributed by atoms with van der Waals surface area (Å²) >= 11 is 0. The Morgan fingerprint density at radius 1 is 1.23 bits per heavy atom. The van der Waals surface area contributed by atoms with Crippen LogP contribution in [-0.2, 0) is 12.8 Å². The van der Waals surface area contributed by atoms with Crippen molar-refractivity contribution < 1.29 is 9.84 Å². The van der Waals surface area contributed by atoms with Gasteiger partial charge in [-0.05, 0) is 42.2 Å². The molecule has 1 aromatic carbocycles. The number of fused-ring (bicyclic) bond motifs is 3. The van der Waals surface area contributed by atoms with Gasteiger partial charge in [-0.1, -0.05) is 0 Å². The minimum Gasteiger partial charge on any atom is -0.508 e. The van der Waals surface area contributed by atoms with E-state index < -0.39 is 0 Å². The van der Waals surface area contributed by atoms with Crippen molar-refractivity contribution >= 4 is 5.82 Å². The maximum absolute atomic E-state index is 9.74. The lowest BCUT2D eigenvalue weighted by Gasteiger charge is -2.23. The molecule has 128 valence electrons. The summed E-state index contributed by atoms with van der Waals surface area (Å²) in [7, 11) is 1.49. The van der Waals surface area contributed by atoms with E-state index in [1.807, 2.05) is 6.07 Å². The number of pyridine rings is 1. The van der Waals surface area contributed by atoms with Crippen LogP contribution in [0.2, 0.25) is 0 Å². The molecule has 0 saturated carbocycles. The first-order valence-corrected chi connectivity index (χ1v) is 8.03. The van der Waals surface area contributed by atoms with Gasteiger partial charge in [-0.15, -0.1) is 0 Å². The number of methoxy groups -OCH3 is 1. The molecule has 0 amide bonds. The van der Waals surface area contributed by atoms with E-state index in [0.29, 0.717) is 23.1 Å². The Kier molecular flexibility index (Phi) is 3.66. The second kappa shape index (κ2) is 6.01. The van der Waals surface area contributed by atoms with Gasteiger partial charge in [-0.2, -0.15) is 5.26 Å². The zero-order chi connectivity index (χ0) is 18.3. The van der Waals surface area contributed by atoms with Gasteiger partial charge in [0.15, 0.2) is 0 Å². The van der Waals surface area contributed by atoms with Gasteiger partial charge in [0.05, 0.1) is 12.8 Å². The number of nitriles is 1. The number of hydrogen-bond donors (Lipinski definition) is 2. The first kappa shape index (κ1) is 15.8. The summed E-state index contributed by atoms with van der Waals surface area (Å²) in [6, 6.07) is 7.61. The van der Waals surface area contributed by atoms with Crippen molar-refractivity contribution in [2.24, 2.45) is 0 Å². The average molecular weight is 345 g/mol. The second-order valence-corrected chi connectivity index (χ2v) is 5.99. The number of phenols is 1. The summed E-state index contributed by atoms with van der Waals surface area (Å²) in [6.07, 6.45) is 4.65. The highest BCUT2D eigenvalue weighted by atomic mass is 16.5. The lowest BCUT2D eigenvalue weighted by Crippen LogP contribution is -2.11. The molecule has 0 atom stereocenters. The third kappa shape index (κ3) is 2.40. The number of ether oxygens (including phenoxy) is 1. The quantitative estimate of drug-likeness (QED) is 0.732. The van der Waals surface area contributed by atoms with Gasteiger partial charge in [0.1, 0.15) is 23.2 Å². The van der Waals surface area contributed by atoms with Crippen molar-refractivity contribution in [3.63, 3.8) is 0 Å². The fourth-order valence-corrected chi connectivity index (χ4v) is 3.37. The molecule has 4 rings (SSSR count). The number of rotatable bonds is 2. The maximum atomic E-state index is 9.74. The van der Waals surface area contributed by atoms with Crippen molar-refractivity contribution in [2.45, 2.75) is 12.8 Å². The molecule has 26 heavy (non-hydrogen) atoms. The van der Waals surface area contributed by atoms with E-state index >= 15 is 0 Å². The van der Waals surface area contributed by atoms with E-state index in [2.05, 4.69) is 21.0 Å². The SMILES string of the molecule is COc1ncc(-c2c(C#N)c(N)nc3c2CCc2cc(O)ccc2-3)cn1. The van der Waals surface area contributed by atoms with E-state index in [9.17, 15) is 10.4 Å². The molecular formula is C19H15N5O2. The van der Waals surface area contributed by atoms with Gasteiger partial charge >= 0.3 is 6.01 Å². The second-order valence-electron chi connectivity index (χ2n) is 5.99. The Hall–Kier alpha value is -3.66. The van der Waals surface area contributed by atoms with Crippen LogP contribution in [0.25, 0.3) is 22.4 Å². The number of anilines is 1. The van der Waals surface area contributed by atoms with Crippen LogP contribution in [0.15, 0.2) is 30.6 Å². The number of hydrogen-bond acceptors (Lipinski definition) is 7. The minimum atomic E-state index is 0.165. The van der Waals surface area contributed by atoms with Gasteiger partial charge in [-0.25, -0.2) is 15.0 Å². The largest absolute Gasteiger partial charge is 0.508 e. The summed E-state index contributed by atoms with van der Waals surface area (Å²) in [6.45, 7) is 0. The summed E-state index contributed by atoms with van der Waals surface area (Å²) in [4.78, 5) is 12.8. The number of aromatic hydroxyl groups is 1. The molecule has 0 fully saturated rings. The first-order valence-electron chi connectivity index (χ1n) is 8.03. The maximum Gasteiger partial charge on any atom is 0.316 e. The number of aromatic nitrogens is 3. The number of benzene rings is 1. The summed E-state index contributed by atoms with van der Waals surface area (Å²) in [5, 5.41) is 19.4. The van der Waals surface area contributed by atoms with Crippen molar-refractivity contribution in [3.05, 3.63) is 47.3 Å². The van der Waals surface area contributed by atoms with Crippen LogP contribution in [0.1, 0.15) is 16.7 Å². The highest BCUT2D eigenvalue weighted by Gasteiger charge is 2.25. The third-order valence-corrected chi connectivity index (χ3v) is 4.53. The highest BCUT2D eigenvalue weighted by Crippen LogP contribution is 2.41. The van der Waals surface area contributed by atoms with Crippen LogP contribution in [0.5, 0.6) is 11.8 Å².